The monoisotopic (exact) mass is 391 g/mol. The molecule has 1 fully saturated rings. The van der Waals surface area contributed by atoms with Gasteiger partial charge in [-0.15, -0.1) is 0 Å². The molecule has 3 rings (SSSR count). The van der Waals surface area contributed by atoms with E-state index in [0.29, 0.717) is 17.1 Å². The van der Waals surface area contributed by atoms with Crippen molar-refractivity contribution in [1.82, 2.24) is 5.32 Å². The molecule has 0 spiro atoms. The van der Waals surface area contributed by atoms with Crippen LogP contribution in [0.3, 0.4) is 0 Å². The van der Waals surface area contributed by atoms with Gasteiger partial charge in [0.25, 0.3) is 5.91 Å². The van der Waals surface area contributed by atoms with Gasteiger partial charge in [0.1, 0.15) is 16.7 Å². The van der Waals surface area contributed by atoms with Gasteiger partial charge in [-0.25, -0.2) is 0 Å². The van der Waals surface area contributed by atoms with Gasteiger partial charge in [0.05, 0.1) is 5.25 Å². The van der Waals surface area contributed by atoms with Crippen molar-refractivity contribution >= 4 is 29.3 Å². The molecule has 1 saturated heterocycles. The lowest BCUT2D eigenvalue weighted by Crippen LogP contribution is -2.31. The molecule has 2 amide bonds. The van der Waals surface area contributed by atoms with E-state index in [-0.39, 0.29) is 11.5 Å². The lowest BCUT2D eigenvalue weighted by atomic mass is 10.0. The topological polar surface area (TPSA) is 73.2 Å². The molecule has 1 aliphatic heterocycles. The fraction of sp³-hybridized carbons (Fsp3) is 0.227. The normalized spacial score (nSPS) is 18.0. The number of aryl methyl sites for hydroxylation is 2. The second-order valence-corrected chi connectivity index (χ2v) is 7.81. The molecule has 1 heterocycles. The highest BCUT2D eigenvalue weighted by Crippen LogP contribution is 2.42. The number of nitrogens with one attached hydrogen (secondary N) is 1. The van der Waals surface area contributed by atoms with Crippen molar-refractivity contribution in [2.75, 3.05) is 11.9 Å². The number of anilines is 1. The van der Waals surface area contributed by atoms with E-state index in [0.717, 1.165) is 16.7 Å². The van der Waals surface area contributed by atoms with E-state index in [1.54, 1.807) is 0 Å². The molecule has 0 saturated carbocycles. The standard InChI is InChI=1S/C22H21N3O2S/c1-14-8-10-17(11-9-14)25-21(27)19(12-16-7-5-4-6-15(16)2)28-22(25)18(13-23)20(26)24-3/h4-11,19H,12H2,1-3H3,(H,24,26). The quantitative estimate of drug-likeness (QED) is 0.640. The van der Waals surface area contributed by atoms with Gasteiger partial charge >= 0.3 is 0 Å². The number of hydrogen-bond donors (Lipinski definition) is 1. The van der Waals surface area contributed by atoms with Crippen LogP contribution in [-0.2, 0) is 16.0 Å². The van der Waals surface area contributed by atoms with Crippen LogP contribution in [0.1, 0.15) is 16.7 Å². The minimum Gasteiger partial charge on any atom is -0.354 e. The molecule has 0 aromatic heterocycles. The number of hydrogen-bond acceptors (Lipinski definition) is 4. The molecule has 2 aromatic carbocycles. The number of amides is 2. The van der Waals surface area contributed by atoms with E-state index < -0.39 is 11.2 Å². The molecule has 5 nitrogen and oxygen atoms in total. The smallest absolute Gasteiger partial charge is 0.264 e. The zero-order valence-electron chi connectivity index (χ0n) is 16.0. The van der Waals surface area contributed by atoms with Crippen molar-refractivity contribution in [3.8, 4) is 6.07 Å². The highest BCUT2D eigenvalue weighted by Gasteiger charge is 2.40. The van der Waals surface area contributed by atoms with Crippen LogP contribution in [0, 0.1) is 25.2 Å². The van der Waals surface area contributed by atoms with Crippen LogP contribution in [0.5, 0.6) is 0 Å². The molecule has 1 aliphatic rings. The van der Waals surface area contributed by atoms with Crippen LogP contribution in [0.25, 0.3) is 0 Å². The van der Waals surface area contributed by atoms with E-state index in [1.807, 2.05) is 68.4 Å². The van der Waals surface area contributed by atoms with Gasteiger partial charge in [0, 0.05) is 12.7 Å². The number of nitrogens with zero attached hydrogens (tertiary/aromatic N) is 2. The zero-order chi connectivity index (χ0) is 20.3. The molecule has 28 heavy (non-hydrogen) atoms. The first-order valence-corrected chi connectivity index (χ1v) is 9.82. The summed E-state index contributed by atoms with van der Waals surface area (Å²) in [5, 5.41) is 12.1. The summed E-state index contributed by atoms with van der Waals surface area (Å²) in [7, 11) is 1.47. The van der Waals surface area contributed by atoms with Gasteiger partial charge in [-0.05, 0) is 43.5 Å². The molecular formula is C22H21N3O2S. The Balaban J connectivity index is 2.06. The summed E-state index contributed by atoms with van der Waals surface area (Å²) >= 11 is 1.28. The number of rotatable bonds is 4. The number of carbonyl (C=O) groups is 2. The first-order valence-electron chi connectivity index (χ1n) is 8.94. The first kappa shape index (κ1) is 19.7. The fourth-order valence-electron chi connectivity index (χ4n) is 3.08. The number of thioether (sulfide) groups is 1. The van der Waals surface area contributed by atoms with Crippen LogP contribution in [0.15, 0.2) is 59.1 Å². The summed E-state index contributed by atoms with van der Waals surface area (Å²) in [6.45, 7) is 3.98. The van der Waals surface area contributed by atoms with Crippen molar-refractivity contribution in [3.05, 3.63) is 75.8 Å². The summed E-state index contributed by atoms with van der Waals surface area (Å²) in [4.78, 5) is 27.0. The molecule has 1 unspecified atom stereocenters. The number of benzene rings is 2. The highest BCUT2D eigenvalue weighted by atomic mass is 32.2. The minimum atomic E-state index is -0.494. The van der Waals surface area contributed by atoms with Crippen molar-refractivity contribution in [2.24, 2.45) is 0 Å². The Labute approximate surface area is 169 Å². The zero-order valence-corrected chi connectivity index (χ0v) is 16.8. The van der Waals surface area contributed by atoms with E-state index in [4.69, 9.17) is 0 Å². The largest absolute Gasteiger partial charge is 0.354 e. The number of carbonyl (C=O) groups excluding carboxylic acids is 2. The van der Waals surface area contributed by atoms with Gasteiger partial charge in [-0.2, -0.15) is 5.26 Å². The van der Waals surface area contributed by atoms with Crippen LogP contribution in [0.2, 0.25) is 0 Å². The van der Waals surface area contributed by atoms with Crippen LogP contribution >= 0.6 is 11.8 Å². The highest BCUT2D eigenvalue weighted by molar-refractivity contribution is 8.05. The van der Waals surface area contributed by atoms with Gasteiger partial charge in [0.15, 0.2) is 0 Å². The molecule has 142 valence electrons. The summed E-state index contributed by atoms with van der Waals surface area (Å²) in [6, 6.07) is 17.4. The second-order valence-electron chi connectivity index (χ2n) is 6.62. The van der Waals surface area contributed by atoms with Gasteiger partial charge in [-0.1, -0.05) is 53.7 Å². The lowest BCUT2D eigenvalue weighted by Gasteiger charge is -2.18. The molecule has 6 heteroatoms. The molecular weight excluding hydrogens is 370 g/mol. The third-order valence-electron chi connectivity index (χ3n) is 4.69. The molecule has 2 aromatic rings. The van der Waals surface area contributed by atoms with Gasteiger partial charge in [-0.3, -0.25) is 14.5 Å². The SMILES string of the molecule is CNC(=O)C(C#N)=C1SC(Cc2ccccc2C)C(=O)N1c1ccc(C)cc1. The van der Waals surface area contributed by atoms with Crippen molar-refractivity contribution < 1.29 is 9.59 Å². The molecule has 1 atom stereocenters. The van der Waals surface area contributed by atoms with Crippen LogP contribution < -0.4 is 10.2 Å². The first-order chi connectivity index (χ1) is 13.5. The van der Waals surface area contributed by atoms with Gasteiger partial charge in [0.2, 0.25) is 5.91 Å². The Morgan fingerprint density at radius 3 is 2.46 bits per heavy atom. The van der Waals surface area contributed by atoms with E-state index in [1.165, 1.54) is 23.7 Å². The van der Waals surface area contributed by atoms with E-state index in [2.05, 4.69) is 5.32 Å². The predicted octanol–water partition coefficient (Wildman–Crippen LogP) is 3.48. The summed E-state index contributed by atoms with van der Waals surface area (Å²) < 4.78 is 0. The molecule has 0 radical (unpaired) electrons. The summed E-state index contributed by atoms with van der Waals surface area (Å²) in [6.07, 6.45) is 0.536. The number of nitriles is 1. The molecule has 0 bridgehead atoms. The van der Waals surface area contributed by atoms with Gasteiger partial charge < -0.3 is 5.32 Å². The third-order valence-corrected chi connectivity index (χ3v) is 5.95. The molecule has 1 N–H and O–H groups in total. The fourth-order valence-corrected chi connectivity index (χ4v) is 4.38. The maximum Gasteiger partial charge on any atom is 0.264 e. The lowest BCUT2D eigenvalue weighted by molar-refractivity contribution is -0.117. The Morgan fingerprint density at radius 1 is 1.18 bits per heavy atom. The summed E-state index contributed by atoms with van der Waals surface area (Å²) in [5.41, 5.74) is 3.87. The summed E-state index contributed by atoms with van der Waals surface area (Å²) in [5.74, 6) is -0.616. The van der Waals surface area contributed by atoms with Crippen molar-refractivity contribution in [3.63, 3.8) is 0 Å². The van der Waals surface area contributed by atoms with Crippen molar-refractivity contribution in [2.45, 2.75) is 25.5 Å². The third kappa shape index (κ3) is 3.80. The Morgan fingerprint density at radius 2 is 1.86 bits per heavy atom. The maximum atomic E-state index is 13.3. The Kier molecular flexibility index (Phi) is 5.86. The average Bonchev–Trinajstić information content (AvgIpc) is 3.01. The van der Waals surface area contributed by atoms with E-state index >= 15 is 0 Å². The second kappa shape index (κ2) is 8.32. The predicted molar refractivity (Wildman–Crippen MR) is 112 cm³/mol. The van der Waals surface area contributed by atoms with E-state index in [9.17, 15) is 14.9 Å². The van der Waals surface area contributed by atoms with Crippen molar-refractivity contribution in [1.29, 1.82) is 5.26 Å². The minimum absolute atomic E-state index is 0.0475. The Bertz CT molecular complexity index is 990. The average molecular weight is 391 g/mol. The number of likely N-dealkylation sites (N-methyl/N-ethyl adjacent to an activating group) is 1. The van der Waals surface area contributed by atoms with Crippen LogP contribution in [0.4, 0.5) is 5.69 Å². The van der Waals surface area contributed by atoms with Crippen LogP contribution in [-0.4, -0.2) is 24.1 Å². The molecule has 0 aliphatic carbocycles. The maximum absolute atomic E-state index is 13.3. The Hall–Kier alpha value is -3.04.